The van der Waals surface area contributed by atoms with Crippen molar-refractivity contribution in [3.05, 3.63) is 46.6 Å². The molecule has 0 aliphatic carbocycles. The molecule has 104 valence electrons. The molecular formula is C14H14ClN3O2. The summed E-state index contributed by atoms with van der Waals surface area (Å²) in [6.07, 6.45) is 1.49. The molecule has 3 N–H and O–H groups in total. The van der Waals surface area contributed by atoms with Crippen LogP contribution in [0.4, 0.5) is 17.2 Å². The second-order valence-electron chi connectivity index (χ2n) is 4.20. The number of esters is 1. The normalized spacial score (nSPS) is 10.2. The monoisotopic (exact) mass is 291 g/mol. The zero-order chi connectivity index (χ0) is 14.7. The Morgan fingerprint density at radius 1 is 1.40 bits per heavy atom. The highest BCUT2D eigenvalue weighted by Crippen LogP contribution is 2.27. The van der Waals surface area contributed by atoms with Gasteiger partial charge in [0, 0.05) is 16.9 Å². The number of anilines is 3. The lowest BCUT2D eigenvalue weighted by molar-refractivity contribution is 0.0602. The minimum absolute atomic E-state index is 0.232. The molecule has 2 aromatic rings. The Labute approximate surface area is 121 Å². The number of hydrogen-bond acceptors (Lipinski definition) is 5. The van der Waals surface area contributed by atoms with Gasteiger partial charge in [-0.1, -0.05) is 17.7 Å². The Kier molecular flexibility index (Phi) is 4.10. The first-order valence-corrected chi connectivity index (χ1v) is 6.26. The van der Waals surface area contributed by atoms with Gasteiger partial charge in [-0.05, 0) is 30.7 Å². The van der Waals surface area contributed by atoms with Crippen molar-refractivity contribution < 1.29 is 9.53 Å². The van der Waals surface area contributed by atoms with Crippen molar-refractivity contribution in [3.63, 3.8) is 0 Å². The first-order valence-electron chi connectivity index (χ1n) is 5.89. The number of halogens is 1. The van der Waals surface area contributed by atoms with Crippen LogP contribution >= 0.6 is 11.6 Å². The van der Waals surface area contributed by atoms with Crippen LogP contribution in [0.3, 0.4) is 0 Å². The quantitative estimate of drug-likeness (QED) is 0.850. The predicted molar refractivity (Wildman–Crippen MR) is 79.5 cm³/mol. The zero-order valence-electron chi connectivity index (χ0n) is 11.1. The third-order valence-electron chi connectivity index (χ3n) is 2.83. The van der Waals surface area contributed by atoms with E-state index in [0.717, 1.165) is 11.3 Å². The maximum Gasteiger partial charge on any atom is 0.340 e. The summed E-state index contributed by atoms with van der Waals surface area (Å²) in [4.78, 5) is 15.7. The average molecular weight is 292 g/mol. The number of aryl methyl sites for hydroxylation is 1. The van der Waals surface area contributed by atoms with E-state index >= 15 is 0 Å². The summed E-state index contributed by atoms with van der Waals surface area (Å²) in [5.74, 6) is -0.122. The van der Waals surface area contributed by atoms with E-state index in [1.54, 1.807) is 6.07 Å². The summed E-state index contributed by atoms with van der Waals surface area (Å²) in [6, 6.07) is 7.01. The van der Waals surface area contributed by atoms with Crippen LogP contribution in [0.15, 0.2) is 30.5 Å². The Morgan fingerprint density at radius 3 is 2.80 bits per heavy atom. The number of carbonyl (C=O) groups excluding carboxylic acids is 1. The molecule has 0 spiro atoms. The molecule has 20 heavy (non-hydrogen) atoms. The minimum Gasteiger partial charge on any atom is -0.465 e. The number of nitrogens with one attached hydrogen (secondary N) is 1. The number of pyridine rings is 1. The number of rotatable bonds is 3. The molecule has 0 bridgehead atoms. The number of hydrogen-bond donors (Lipinski definition) is 2. The van der Waals surface area contributed by atoms with Gasteiger partial charge in [-0.25, -0.2) is 9.78 Å². The average Bonchev–Trinajstić information content (AvgIpc) is 2.44. The number of benzene rings is 1. The van der Waals surface area contributed by atoms with E-state index in [1.807, 2.05) is 19.1 Å². The topological polar surface area (TPSA) is 77.2 Å². The molecule has 0 saturated carbocycles. The van der Waals surface area contributed by atoms with Crippen molar-refractivity contribution in [1.29, 1.82) is 0 Å². The number of ether oxygens (including phenoxy) is 1. The van der Waals surface area contributed by atoms with Crippen LogP contribution in [0.5, 0.6) is 0 Å². The molecule has 0 amide bonds. The van der Waals surface area contributed by atoms with Gasteiger partial charge in [0.25, 0.3) is 0 Å². The largest absolute Gasteiger partial charge is 0.465 e. The van der Waals surface area contributed by atoms with Gasteiger partial charge in [0.15, 0.2) is 5.82 Å². The van der Waals surface area contributed by atoms with Crippen molar-refractivity contribution in [3.8, 4) is 0 Å². The molecule has 0 aliphatic rings. The van der Waals surface area contributed by atoms with Crippen molar-refractivity contribution in [2.75, 3.05) is 18.2 Å². The predicted octanol–water partition coefficient (Wildman–Crippen LogP) is 3.16. The van der Waals surface area contributed by atoms with E-state index in [1.165, 1.54) is 19.4 Å². The number of nitrogen functional groups attached to an aromatic ring is 1. The van der Waals surface area contributed by atoms with Crippen LogP contribution in [0.2, 0.25) is 5.02 Å². The SMILES string of the molecule is COC(=O)c1ccnc(Nc2ccc(C)c(Cl)c2)c1N. The third kappa shape index (κ3) is 2.83. The highest BCUT2D eigenvalue weighted by molar-refractivity contribution is 6.31. The van der Waals surface area contributed by atoms with Crippen LogP contribution in [0, 0.1) is 6.92 Å². The molecule has 0 aliphatic heterocycles. The van der Waals surface area contributed by atoms with Gasteiger partial charge in [0.05, 0.1) is 18.4 Å². The molecule has 0 atom stereocenters. The summed E-state index contributed by atoms with van der Waals surface area (Å²) >= 11 is 6.06. The fourth-order valence-electron chi connectivity index (χ4n) is 1.67. The Morgan fingerprint density at radius 2 is 2.15 bits per heavy atom. The van der Waals surface area contributed by atoms with Crippen LogP contribution in [0.25, 0.3) is 0 Å². The lowest BCUT2D eigenvalue weighted by atomic mass is 10.2. The Balaban J connectivity index is 2.34. The maximum absolute atomic E-state index is 11.6. The van der Waals surface area contributed by atoms with Crippen LogP contribution in [0.1, 0.15) is 15.9 Å². The number of aromatic nitrogens is 1. The first kappa shape index (κ1) is 14.1. The molecule has 1 aromatic heterocycles. The van der Waals surface area contributed by atoms with Crippen LogP contribution in [-0.2, 0) is 4.74 Å². The summed E-state index contributed by atoms with van der Waals surface area (Å²) in [5, 5.41) is 3.67. The lowest BCUT2D eigenvalue weighted by Gasteiger charge is -2.11. The third-order valence-corrected chi connectivity index (χ3v) is 3.24. The van der Waals surface area contributed by atoms with E-state index in [0.29, 0.717) is 10.8 Å². The van der Waals surface area contributed by atoms with Gasteiger partial charge in [0.1, 0.15) is 0 Å². The summed E-state index contributed by atoms with van der Waals surface area (Å²) in [5.41, 5.74) is 8.13. The van der Waals surface area contributed by atoms with Crippen LogP contribution < -0.4 is 11.1 Å². The molecule has 6 heteroatoms. The highest BCUT2D eigenvalue weighted by Gasteiger charge is 2.14. The Hall–Kier alpha value is -2.27. The minimum atomic E-state index is -0.505. The fourth-order valence-corrected chi connectivity index (χ4v) is 1.85. The summed E-state index contributed by atoms with van der Waals surface area (Å²) < 4.78 is 4.66. The van der Waals surface area contributed by atoms with Gasteiger partial charge in [-0.2, -0.15) is 0 Å². The molecule has 0 saturated heterocycles. The second-order valence-corrected chi connectivity index (χ2v) is 4.61. The molecule has 0 radical (unpaired) electrons. The smallest absolute Gasteiger partial charge is 0.340 e. The van der Waals surface area contributed by atoms with Crippen LogP contribution in [-0.4, -0.2) is 18.1 Å². The van der Waals surface area contributed by atoms with Gasteiger partial charge < -0.3 is 15.8 Å². The van der Waals surface area contributed by atoms with E-state index in [2.05, 4.69) is 15.0 Å². The fraction of sp³-hybridized carbons (Fsp3) is 0.143. The summed E-state index contributed by atoms with van der Waals surface area (Å²) in [6.45, 7) is 1.91. The number of methoxy groups -OCH3 is 1. The van der Waals surface area contributed by atoms with Crippen molar-refractivity contribution in [1.82, 2.24) is 4.98 Å². The zero-order valence-corrected chi connectivity index (χ0v) is 11.9. The molecule has 0 unspecified atom stereocenters. The van der Waals surface area contributed by atoms with Gasteiger partial charge >= 0.3 is 5.97 Å². The van der Waals surface area contributed by atoms with Crippen molar-refractivity contribution in [2.45, 2.75) is 6.92 Å². The first-order chi connectivity index (χ1) is 9.52. The van der Waals surface area contributed by atoms with E-state index in [-0.39, 0.29) is 11.3 Å². The molecule has 0 fully saturated rings. The van der Waals surface area contributed by atoms with E-state index in [4.69, 9.17) is 17.3 Å². The second kappa shape index (κ2) is 5.79. The highest BCUT2D eigenvalue weighted by atomic mass is 35.5. The number of nitrogens with zero attached hydrogens (tertiary/aromatic N) is 1. The van der Waals surface area contributed by atoms with E-state index in [9.17, 15) is 4.79 Å². The van der Waals surface area contributed by atoms with Gasteiger partial charge in [-0.15, -0.1) is 0 Å². The maximum atomic E-state index is 11.6. The molecule has 1 heterocycles. The molecule has 1 aromatic carbocycles. The Bertz CT molecular complexity index is 659. The van der Waals surface area contributed by atoms with Gasteiger partial charge in [-0.3, -0.25) is 0 Å². The standard InChI is InChI=1S/C14H14ClN3O2/c1-8-3-4-9(7-11(8)15)18-13-12(16)10(5-6-17-13)14(19)20-2/h3-7H,16H2,1-2H3,(H,17,18). The molecular weight excluding hydrogens is 278 g/mol. The molecule has 2 rings (SSSR count). The van der Waals surface area contributed by atoms with Crippen molar-refractivity contribution in [2.24, 2.45) is 0 Å². The number of nitrogens with two attached hydrogens (primary N) is 1. The number of carbonyl (C=O) groups is 1. The van der Waals surface area contributed by atoms with Crippen molar-refractivity contribution >= 4 is 34.8 Å². The lowest BCUT2D eigenvalue weighted by Crippen LogP contribution is -2.09. The van der Waals surface area contributed by atoms with E-state index < -0.39 is 5.97 Å². The van der Waals surface area contributed by atoms with Gasteiger partial charge in [0.2, 0.25) is 0 Å². The molecule has 5 nitrogen and oxygen atoms in total. The summed E-state index contributed by atoms with van der Waals surface area (Å²) in [7, 11) is 1.30.